The highest BCUT2D eigenvalue weighted by atomic mass is 16.1. The summed E-state index contributed by atoms with van der Waals surface area (Å²) in [6, 6.07) is 7.81. The van der Waals surface area contributed by atoms with Gasteiger partial charge in [-0.05, 0) is 48.5 Å². The maximum absolute atomic E-state index is 12.2. The Morgan fingerprint density at radius 2 is 2.21 bits per heavy atom. The minimum Gasteiger partial charge on any atom is -0.352 e. The molecular formula is C17H24N6O. The van der Waals surface area contributed by atoms with Crippen molar-refractivity contribution in [3.63, 3.8) is 0 Å². The van der Waals surface area contributed by atoms with Crippen LogP contribution >= 0.6 is 0 Å². The Hall–Kier alpha value is -2.28. The summed E-state index contributed by atoms with van der Waals surface area (Å²) in [5.74, 6) is 1.72. The number of aromatic nitrogens is 4. The summed E-state index contributed by atoms with van der Waals surface area (Å²) in [7, 11) is 0. The van der Waals surface area contributed by atoms with Crippen LogP contribution in [-0.2, 0) is 11.3 Å². The number of nitrogens with zero attached hydrogens (tertiary/aromatic N) is 3. The molecule has 7 heteroatoms. The third kappa shape index (κ3) is 4.38. The maximum atomic E-state index is 12.2. The molecule has 1 aliphatic rings. The number of benzene rings is 1. The van der Waals surface area contributed by atoms with Crippen molar-refractivity contribution in [3.05, 3.63) is 29.8 Å². The predicted molar refractivity (Wildman–Crippen MR) is 90.8 cm³/mol. The van der Waals surface area contributed by atoms with E-state index < -0.39 is 0 Å². The van der Waals surface area contributed by atoms with Crippen molar-refractivity contribution >= 4 is 5.91 Å². The first kappa shape index (κ1) is 16.6. The smallest absolute Gasteiger partial charge is 0.220 e. The van der Waals surface area contributed by atoms with Gasteiger partial charge in [0.2, 0.25) is 11.7 Å². The molecule has 1 saturated heterocycles. The lowest BCUT2D eigenvalue weighted by Crippen LogP contribution is -2.35. The average molecular weight is 328 g/mol. The van der Waals surface area contributed by atoms with E-state index in [9.17, 15) is 4.79 Å². The van der Waals surface area contributed by atoms with Crippen LogP contribution in [0.15, 0.2) is 24.3 Å². The normalized spacial score (nSPS) is 19.0. The number of carbonyl (C=O) groups excluding carboxylic acids is 1. The molecule has 0 bridgehead atoms. The fourth-order valence-corrected chi connectivity index (χ4v) is 3.15. The zero-order valence-corrected chi connectivity index (χ0v) is 14.0. The Morgan fingerprint density at radius 3 is 2.88 bits per heavy atom. The predicted octanol–water partition coefficient (Wildman–Crippen LogP) is 1.51. The molecule has 0 saturated carbocycles. The SMILES string of the molecule is CC(CC(=O)NCc1ccc(-c2nn[nH]n2)cc1)C1CCCNC1. The van der Waals surface area contributed by atoms with Crippen molar-refractivity contribution < 1.29 is 4.79 Å². The molecule has 1 aliphatic heterocycles. The van der Waals surface area contributed by atoms with Crippen LogP contribution in [0.5, 0.6) is 0 Å². The molecule has 1 fully saturated rings. The quantitative estimate of drug-likeness (QED) is 0.747. The monoisotopic (exact) mass is 328 g/mol. The summed E-state index contributed by atoms with van der Waals surface area (Å²) in [4.78, 5) is 12.2. The number of piperidine rings is 1. The molecule has 0 radical (unpaired) electrons. The third-order valence-corrected chi connectivity index (χ3v) is 4.69. The van der Waals surface area contributed by atoms with Crippen molar-refractivity contribution in [3.8, 4) is 11.4 Å². The fraction of sp³-hybridized carbons (Fsp3) is 0.529. The van der Waals surface area contributed by atoms with Crippen molar-refractivity contribution in [2.24, 2.45) is 11.8 Å². The molecule has 128 valence electrons. The number of nitrogens with one attached hydrogen (secondary N) is 3. The molecule has 2 heterocycles. The van der Waals surface area contributed by atoms with Gasteiger partial charge >= 0.3 is 0 Å². The van der Waals surface area contributed by atoms with E-state index >= 15 is 0 Å². The van der Waals surface area contributed by atoms with Crippen LogP contribution in [0.4, 0.5) is 0 Å². The summed E-state index contributed by atoms with van der Waals surface area (Å²) < 4.78 is 0. The highest BCUT2D eigenvalue weighted by molar-refractivity contribution is 5.76. The molecule has 0 aliphatic carbocycles. The lowest BCUT2D eigenvalue weighted by molar-refractivity contribution is -0.122. The molecule has 1 aromatic heterocycles. The molecule has 2 atom stereocenters. The third-order valence-electron chi connectivity index (χ3n) is 4.69. The average Bonchev–Trinajstić information content (AvgIpc) is 3.16. The standard InChI is InChI=1S/C17H24N6O/c1-12(15-3-2-8-18-11-15)9-16(24)19-10-13-4-6-14(7-5-13)17-20-22-23-21-17/h4-7,12,15,18H,2-3,8-11H2,1H3,(H,19,24)(H,20,21,22,23). The Labute approximate surface area is 141 Å². The van der Waals surface area contributed by atoms with Gasteiger partial charge in [-0.3, -0.25) is 4.79 Å². The summed E-state index contributed by atoms with van der Waals surface area (Å²) in [6.07, 6.45) is 3.02. The maximum Gasteiger partial charge on any atom is 0.220 e. The molecule has 1 amide bonds. The zero-order valence-electron chi connectivity index (χ0n) is 14.0. The Balaban J connectivity index is 1.45. The van der Waals surface area contributed by atoms with Crippen LogP contribution in [-0.4, -0.2) is 39.6 Å². The lowest BCUT2D eigenvalue weighted by Gasteiger charge is -2.28. The fourth-order valence-electron chi connectivity index (χ4n) is 3.15. The Morgan fingerprint density at radius 1 is 1.38 bits per heavy atom. The second-order valence-corrected chi connectivity index (χ2v) is 6.50. The number of hydrogen-bond acceptors (Lipinski definition) is 5. The van der Waals surface area contributed by atoms with Gasteiger partial charge in [0.15, 0.2) is 0 Å². The summed E-state index contributed by atoms with van der Waals surface area (Å²) >= 11 is 0. The van der Waals surface area contributed by atoms with Crippen LogP contribution in [0.2, 0.25) is 0 Å². The van der Waals surface area contributed by atoms with E-state index in [1.807, 2.05) is 24.3 Å². The second kappa shape index (κ2) is 8.01. The lowest BCUT2D eigenvalue weighted by atomic mass is 9.85. The number of hydrogen-bond donors (Lipinski definition) is 3. The summed E-state index contributed by atoms with van der Waals surface area (Å²) in [5, 5.41) is 20.3. The number of tetrazole rings is 1. The Bertz CT molecular complexity index is 634. The highest BCUT2D eigenvalue weighted by Gasteiger charge is 2.21. The number of rotatable bonds is 6. The van der Waals surface area contributed by atoms with Crippen LogP contribution in [0.1, 0.15) is 31.7 Å². The number of amides is 1. The number of aromatic amines is 1. The molecule has 3 rings (SSSR count). The van der Waals surface area contributed by atoms with Gasteiger partial charge in [-0.25, -0.2) is 0 Å². The van der Waals surface area contributed by atoms with E-state index in [0.717, 1.165) is 24.2 Å². The molecule has 7 nitrogen and oxygen atoms in total. The van der Waals surface area contributed by atoms with E-state index in [0.29, 0.717) is 30.6 Å². The van der Waals surface area contributed by atoms with Gasteiger partial charge in [0.1, 0.15) is 0 Å². The highest BCUT2D eigenvalue weighted by Crippen LogP contribution is 2.22. The first-order chi connectivity index (χ1) is 11.7. The van der Waals surface area contributed by atoms with Gasteiger partial charge in [-0.15, -0.1) is 10.2 Å². The molecule has 3 N–H and O–H groups in total. The summed E-state index contributed by atoms with van der Waals surface area (Å²) in [6.45, 7) is 4.86. The minimum atomic E-state index is 0.121. The van der Waals surface area contributed by atoms with Crippen molar-refractivity contribution in [1.29, 1.82) is 0 Å². The van der Waals surface area contributed by atoms with Crippen LogP contribution < -0.4 is 10.6 Å². The molecule has 2 unspecified atom stereocenters. The zero-order chi connectivity index (χ0) is 16.8. The number of carbonyl (C=O) groups is 1. The van der Waals surface area contributed by atoms with Crippen LogP contribution in [0, 0.1) is 11.8 Å². The number of H-pyrrole nitrogens is 1. The minimum absolute atomic E-state index is 0.121. The van der Waals surface area contributed by atoms with Gasteiger partial charge in [0.25, 0.3) is 0 Å². The molecular weight excluding hydrogens is 304 g/mol. The van der Waals surface area contributed by atoms with Crippen LogP contribution in [0.3, 0.4) is 0 Å². The van der Waals surface area contributed by atoms with Crippen LogP contribution in [0.25, 0.3) is 11.4 Å². The van der Waals surface area contributed by atoms with E-state index in [1.165, 1.54) is 12.8 Å². The van der Waals surface area contributed by atoms with Gasteiger partial charge < -0.3 is 10.6 Å². The first-order valence-corrected chi connectivity index (χ1v) is 8.52. The second-order valence-electron chi connectivity index (χ2n) is 6.50. The van der Waals surface area contributed by atoms with E-state index in [2.05, 4.69) is 38.2 Å². The van der Waals surface area contributed by atoms with E-state index in [4.69, 9.17) is 0 Å². The largest absolute Gasteiger partial charge is 0.352 e. The van der Waals surface area contributed by atoms with Gasteiger partial charge in [-0.1, -0.05) is 31.2 Å². The first-order valence-electron chi connectivity index (χ1n) is 8.52. The van der Waals surface area contributed by atoms with Gasteiger partial charge in [-0.2, -0.15) is 5.21 Å². The van der Waals surface area contributed by atoms with Gasteiger partial charge in [0.05, 0.1) is 0 Å². The van der Waals surface area contributed by atoms with E-state index in [-0.39, 0.29) is 5.91 Å². The molecule has 24 heavy (non-hydrogen) atoms. The van der Waals surface area contributed by atoms with Crippen molar-refractivity contribution in [2.45, 2.75) is 32.7 Å². The molecule has 1 aromatic carbocycles. The topological polar surface area (TPSA) is 95.6 Å². The van der Waals surface area contributed by atoms with E-state index in [1.54, 1.807) is 0 Å². The van der Waals surface area contributed by atoms with Gasteiger partial charge in [0, 0.05) is 18.5 Å². The van der Waals surface area contributed by atoms with Crippen molar-refractivity contribution in [1.82, 2.24) is 31.3 Å². The summed E-state index contributed by atoms with van der Waals surface area (Å²) in [5.41, 5.74) is 1.96. The van der Waals surface area contributed by atoms with Crippen molar-refractivity contribution in [2.75, 3.05) is 13.1 Å². The Kier molecular flexibility index (Phi) is 5.53. The molecule has 0 spiro atoms. The molecule has 2 aromatic rings.